The van der Waals surface area contributed by atoms with E-state index in [1.165, 1.54) is 0 Å². The average molecular weight is 340 g/mol. The molecule has 2 rings (SSSR count). The highest BCUT2D eigenvalue weighted by Gasteiger charge is 2.35. The number of carbonyl (C=O) groups is 1. The molecule has 1 fully saturated rings. The van der Waals surface area contributed by atoms with Crippen LogP contribution in [0.2, 0.25) is 0 Å². The van der Waals surface area contributed by atoms with Gasteiger partial charge in [0.15, 0.2) is 9.84 Å². The first-order valence-corrected chi connectivity index (χ1v) is 9.60. The summed E-state index contributed by atoms with van der Waals surface area (Å²) in [5.74, 6) is 0.795. The third-order valence-electron chi connectivity index (χ3n) is 4.12. The molecule has 0 spiro atoms. The fraction of sp³-hybridized carbons (Fsp3) is 0.562. The molecule has 0 aromatic heterocycles. The van der Waals surface area contributed by atoms with Crippen LogP contribution >= 0.6 is 0 Å². The van der Waals surface area contributed by atoms with Gasteiger partial charge in [0.2, 0.25) is 5.91 Å². The van der Waals surface area contributed by atoms with Crippen molar-refractivity contribution in [3.63, 3.8) is 0 Å². The Morgan fingerprint density at radius 1 is 1.43 bits per heavy atom. The summed E-state index contributed by atoms with van der Waals surface area (Å²) >= 11 is 0. The van der Waals surface area contributed by atoms with E-state index in [0.29, 0.717) is 18.7 Å². The van der Waals surface area contributed by atoms with Crippen LogP contribution in [0.15, 0.2) is 24.3 Å². The Bertz CT molecular complexity index is 660. The molecule has 1 aliphatic heterocycles. The zero-order chi connectivity index (χ0) is 17.0. The van der Waals surface area contributed by atoms with E-state index >= 15 is 0 Å². The first kappa shape index (κ1) is 17.6. The fourth-order valence-corrected chi connectivity index (χ4v) is 4.65. The molecule has 1 aliphatic rings. The fourth-order valence-electron chi connectivity index (χ4n) is 2.92. The number of carbonyl (C=O) groups excluding carboxylic acids is 1. The molecule has 1 saturated heterocycles. The molecule has 1 aromatic rings. The van der Waals surface area contributed by atoms with Crippen molar-refractivity contribution in [2.75, 3.05) is 30.5 Å². The summed E-state index contributed by atoms with van der Waals surface area (Å²) in [4.78, 5) is 14.4. The van der Waals surface area contributed by atoms with Gasteiger partial charge in [0.1, 0.15) is 11.8 Å². The van der Waals surface area contributed by atoms with Gasteiger partial charge < -0.3 is 15.0 Å². The molecule has 0 saturated carbocycles. The number of amides is 1. The van der Waals surface area contributed by atoms with Crippen LogP contribution in [0.1, 0.15) is 20.3 Å². The van der Waals surface area contributed by atoms with Crippen LogP contribution in [-0.2, 0) is 14.6 Å². The minimum Gasteiger partial charge on any atom is -0.495 e. The molecule has 1 N–H and O–H groups in total. The second-order valence-electron chi connectivity index (χ2n) is 5.75. The van der Waals surface area contributed by atoms with Crippen molar-refractivity contribution in [2.24, 2.45) is 0 Å². The smallest absolute Gasteiger partial charge is 0.245 e. The molecule has 1 aromatic carbocycles. The predicted molar refractivity (Wildman–Crippen MR) is 90.5 cm³/mol. The highest BCUT2D eigenvalue weighted by atomic mass is 32.2. The van der Waals surface area contributed by atoms with E-state index in [1.807, 2.05) is 31.2 Å². The normalized spacial score (nSPS) is 20.7. The first-order valence-electron chi connectivity index (χ1n) is 7.78. The molecule has 23 heavy (non-hydrogen) atoms. The quantitative estimate of drug-likeness (QED) is 0.850. The highest BCUT2D eigenvalue weighted by molar-refractivity contribution is 7.91. The number of para-hydroxylation sites is 2. The minimum absolute atomic E-state index is 0.0635. The summed E-state index contributed by atoms with van der Waals surface area (Å²) in [5, 5.41) is 3.15. The van der Waals surface area contributed by atoms with Crippen molar-refractivity contribution in [1.82, 2.24) is 4.90 Å². The van der Waals surface area contributed by atoms with Crippen molar-refractivity contribution in [3.8, 4) is 5.75 Å². The summed E-state index contributed by atoms with van der Waals surface area (Å²) in [6.07, 6.45) is 0.517. The molecule has 6 nitrogen and oxygen atoms in total. The molecule has 0 aliphatic carbocycles. The Balaban J connectivity index is 2.08. The standard InChI is InChI=1S/C16H24N2O4S/c1-4-18(13-9-10-23(20,21)11-13)16(19)12(2)17-14-7-5-6-8-15(14)22-3/h5-8,12-13,17H,4,9-11H2,1-3H3/t12-,13-/m1/s1. The lowest BCUT2D eigenvalue weighted by Gasteiger charge is -2.30. The van der Waals surface area contributed by atoms with Gasteiger partial charge in [-0.1, -0.05) is 12.1 Å². The third-order valence-corrected chi connectivity index (χ3v) is 5.87. The average Bonchev–Trinajstić information content (AvgIpc) is 2.88. The second-order valence-corrected chi connectivity index (χ2v) is 7.98. The Morgan fingerprint density at radius 2 is 2.13 bits per heavy atom. The molecule has 2 atom stereocenters. The van der Waals surface area contributed by atoms with Gasteiger partial charge in [-0.15, -0.1) is 0 Å². The maximum Gasteiger partial charge on any atom is 0.245 e. The number of hydrogen-bond donors (Lipinski definition) is 1. The van der Waals surface area contributed by atoms with Gasteiger partial charge in [0.25, 0.3) is 0 Å². The van der Waals surface area contributed by atoms with Crippen LogP contribution in [0.5, 0.6) is 5.75 Å². The van der Waals surface area contributed by atoms with Crippen LogP contribution in [0.25, 0.3) is 0 Å². The molecular formula is C16H24N2O4S. The van der Waals surface area contributed by atoms with E-state index in [0.717, 1.165) is 5.69 Å². The molecule has 1 heterocycles. The number of hydrogen-bond acceptors (Lipinski definition) is 5. The van der Waals surface area contributed by atoms with Crippen molar-refractivity contribution in [1.29, 1.82) is 0 Å². The largest absolute Gasteiger partial charge is 0.495 e. The molecule has 7 heteroatoms. The lowest BCUT2D eigenvalue weighted by Crippen LogP contribution is -2.47. The summed E-state index contributed by atoms with van der Waals surface area (Å²) < 4.78 is 28.6. The summed E-state index contributed by atoms with van der Waals surface area (Å²) in [5.41, 5.74) is 0.742. The van der Waals surface area contributed by atoms with Gasteiger partial charge in [-0.05, 0) is 32.4 Å². The lowest BCUT2D eigenvalue weighted by molar-refractivity contribution is -0.133. The Kier molecular flexibility index (Phi) is 5.51. The summed E-state index contributed by atoms with van der Waals surface area (Å²) in [7, 11) is -1.44. The maximum atomic E-state index is 12.7. The Hall–Kier alpha value is -1.76. The van der Waals surface area contributed by atoms with Gasteiger partial charge in [-0.25, -0.2) is 8.42 Å². The van der Waals surface area contributed by atoms with Gasteiger partial charge in [-0.3, -0.25) is 4.79 Å². The van der Waals surface area contributed by atoms with Gasteiger partial charge in [-0.2, -0.15) is 0 Å². The number of methoxy groups -OCH3 is 1. The number of rotatable bonds is 6. The molecule has 1 amide bonds. The van der Waals surface area contributed by atoms with E-state index in [-0.39, 0.29) is 23.5 Å². The van der Waals surface area contributed by atoms with Crippen molar-refractivity contribution in [2.45, 2.75) is 32.4 Å². The monoisotopic (exact) mass is 340 g/mol. The number of sulfone groups is 1. The van der Waals surface area contributed by atoms with Gasteiger partial charge in [0.05, 0.1) is 24.3 Å². The molecule has 0 bridgehead atoms. The number of anilines is 1. The third kappa shape index (κ3) is 4.16. The van der Waals surface area contributed by atoms with Crippen LogP contribution in [0, 0.1) is 0 Å². The van der Waals surface area contributed by atoms with Crippen molar-refractivity contribution >= 4 is 21.4 Å². The van der Waals surface area contributed by atoms with Crippen LogP contribution in [0.3, 0.4) is 0 Å². The van der Waals surface area contributed by atoms with E-state index in [4.69, 9.17) is 4.74 Å². The maximum absolute atomic E-state index is 12.7. The molecular weight excluding hydrogens is 316 g/mol. The Labute approximate surface area is 137 Å². The van der Waals surface area contributed by atoms with E-state index < -0.39 is 15.9 Å². The molecule has 0 radical (unpaired) electrons. The van der Waals surface area contributed by atoms with E-state index in [2.05, 4.69) is 5.32 Å². The summed E-state index contributed by atoms with van der Waals surface area (Å²) in [6, 6.07) is 6.70. The van der Waals surface area contributed by atoms with Crippen LogP contribution < -0.4 is 10.1 Å². The SMILES string of the molecule is CCN(C(=O)[C@@H](C)Nc1ccccc1OC)[C@@H]1CCS(=O)(=O)C1. The minimum atomic E-state index is -3.01. The Morgan fingerprint density at radius 3 is 2.70 bits per heavy atom. The van der Waals surface area contributed by atoms with Crippen LogP contribution in [-0.4, -0.2) is 56.5 Å². The number of likely N-dealkylation sites (N-methyl/N-ethyl adjacent to an activating group) is 1. The number of ether oxygens (including phenoxy) is 1. The van der Waals surface area contributed by atoms with E-state index in [9.17, 15) is 13.2 Å². The van der Waals surface area contributed by atoms with Crippen molar-refractivity contribution in [3.05, 3.63) is 24.3 Å². The zero-order valence-corrected chi connectivity index (χ0v) is 14.6. The van der Waals surface area contributed by atoms with Crippen LogP contribution in [0.4, 0.5) is 5.69 Å². The van der Waals surface area contributed by atoms with Crippen molar-refractivity contribution < 1.29 is 17.9 Å². The molecule has 128 valence electrons. The number of nitrogens with zero attached hydrogens (tertiary/aromatic N) is 1. The first-order chi connectivity index (χ1) is 10.9. The lowest BCUT2D eigenvalue weighted by atomic mass is 10.1. The summed E-state index contributed by atoms with van der Waals surface area (Å²) in [6.45, 7) is 4.15. The van der Waals surface area contributed by atoms with Gasteiger partial charge >= 0.3 is 0 Å². The predicted octanol–water partition coefficient (Wildman–Crippen LogP) is 1.53. The number of benzene rings is 1. The second kappa shape index (κ2) is 7.21. The number of nitrogens with one attached hydrogen (secondary N) is 1. The highest BCUT2D eigenvalue weighted by Crippen LogP contribution is 2.25. The topological polar surface area (TPSA) is 75.7 Å². The van der Waals surface area contributed by atoms with Gasteiger partial charge in [0, 0.05) is 12.6 Å². The van der Waals surface area contributed by atoms with E-state index in [1.54, 1.807) is 18.9 Å². The molecule has 0 unspecified atom stereocenters. The zero-order valence-electron chi connectivity index (χ0n) is 13.8.